The highest BCUT2D eigenvalue weighted by Gasteiger charge is 2.57. The molecule has 104 valence electrons. The summed E-state index contributed by atoms with van der Waals surface area (Å²) in [5.41, 5.74) is 3.15. The fourth-order valence-corrected chi connectivity index (χ4v) is 4.01. The first-order chi connectivity index (χ1) is 8.96. The topological polar surface area (TPSA) is 49.4 Å². The monoisotopic (exact) mass is 280 g/mol. The normalized spacial score (nSPS) is 28.9. The molecular weight excluding hydrogens is 260 g/mol. The van der Waals surface area contributed by atoms with Crippen LogP contribution in [0.2, 0.25) is 0 Å². The standard InChI is InChI=1S/C14H20N2O2S/c1-16(2)19(17,18)15-10-12-9-14(12)8-7-11-5-3-4-6-13(11)14/h3-6,12,15H,7-10H2,1-2H3/t12-,14-/m0/s1. The number of fused-ring (bicyclic) bond motifs is 2. The largest absolute Gasteiger partial charge is 0.278 e. The zero-order valence-corrected chi connectivity index (χ0v) is 12.2. The number of aryl methyl sites for hydroxylation is 1. The van der Waals surface area contributed by atoms with Gasteiger partial charge in [0.15, 0.2) is 0 Å². The molecule has 1 aromatic carbocycles. The number of hydrogen-bond acceptors (Lipinski definition) is 2. The highest BCUT2D eigenvalue weighted by atomic mass is 32.2. The SMILES string of the molecule is CN(C)S(=O)(=O)NC[C@@H]1C[C@@]12CCc1ccccc12. The van der Waals surface area contributed by atoms with Crippen molar-refractivity contribution in [2.45, 2.75) is 24.7 Å². The van der Waals surface area contributed by atoms with E-state index in [0.29, 0.717) is 12.5 Å². The molecule has 0 radical (unpaired) electrons. The van der Waals surface area contributed by atoms with Crippen LogP contribution < -0.4 is 4.72 Å². The number of rotatable bonds is 4. The fourth-order valence-electron chi connectivity index (χ4n) is 3.34. The molecule has 2 aliphatic rings. The van der Waals surface area contributed by atoms with Gasteiger partial charge in [-0.2, -0.15) is 12.7 Å². The molecule has 1 fully saturated rings. The summed E-state index contributed by atoms with van der Waals surface area (Å²) in [5.74, 6) is 0.450. The predicted octanol–water partition coefficient (Wildman–Crippen LogP) is 1.29. The molecule has 19 heavy (non-hydrogen) atoms. The zero-order chi connectivity index (χ0) is 13.7. The van der Waals surface area contributed by atoms with Crippen LogP contribution in [0, 0.1) is 5.92 Å². The second kappa shape index (κ2) is 4.30. The van der Waals surface area contributed by atoms with Gasteiger partial charge in [-0.3, -0.25) is 0 Å². The van der Waals surface area contributed by atoms with Crippen LogP contribution in [0.4, 0.5) is 0 Å². The lowest BCUT2D eigenvalue weighted by molar-refractivity contribution is 0.496. The van der Waals surface area contributed by atoms with Gasteiger partial charge in [0, 0.05) is 26.1 Å². The van der Waals surface area contributed by atoms with Crippen LogP contribution in [0.3, 0.4) is 0 Å². The van der Waals surface area contributed by atoms with Gasteiger partial charge in [0.05, 0.1) is 0 Å². The average Bonchev–Trinajstić information content (AvgIpc) is 2.96. The van der Waals surface area contributed by atoms with Crippen molar-refractivity contribution in [2.75, 3.05) is 20.6 Å². The minimum absolute atomic E-state index is 0.255. The molecule has 1 N–H and O–H groups in total. The third kappa shape index (κ3) is 2.10. The van der Waals surface area contributed by atoms with E-state index >= 15 is 0 Å². The van der Waals surface area contributed by atoms with Crippen molar-refractivity contribution in [3.63, 3.8) is 0 Å². The molecule has 0 bridgehead atoms. The van der Waals surface area contributed by atoms with Gasteiger partial charge in [-0.05, 0) is 36.3 Å². The maximum Gasteiger partial charge on any atom is 0.278 e. The Morgan fingerprint density at radius 2 is 2.11 bits per heavy atom. The molecule has 5 heteroatoms. The van der Waals surface area contributed by atoms with E-state index in [1.807, 2.05) is 0 Å². The second-order valence-corrected chi connectivity index (χ2v) is 7.82. The summed E-state index contributed by atoms with van der Waals surface area (Å²) in [6.07, 6.45) is 3.41. The van der Waals surface area contributed by atoms with Crippen LogP contribution in [0.25, 0.3) is 0 Å². The van der Waals surface area contributed by atoms with Crippen LogP contribution >= 0.6 is 0 Å². The molecule has 0 heterocycles. The van der Waals surface area contributed by atoms with Crippen molar-refractivity contribution in [1.82, 2.24) is 9.03 Å². The van der Waals surface area contributed by atoms with E-state index in [1.54, 1.807) is 14.1 Å². The zero-order valence-electron chi connectivity index (χ0n) is 11.4. The molecule has 0 aromatic heterocycles. The molecule has 0 aliphatic heterocycles. The van der Waals surface area contributed by atoms with E-state index in [1.165, 1.54) is 21.9 Å². The Hall–Kier alpha value is -0.910. The Balaban J connectivity index is 1.70. The molecule has 1 spiro atoms. The minimum Gasteiger partial charge on any atom is -0.202 e. The Kier molecular flexibility index (Phi) is 2.96. The predicted molar refractivity (Wildman–Crippen MR) is 75.2 cm³/mol. The van der Waals surface area contributed by atoms with Crippen LogP contribution in [-0.4, -0.2) is 33.4 Å². The summed E-state index contributed by atoms with van der Waals surface area (Å²) in [6, 6.07) is 8.58. The number of nitrogens with one attached hydrogen (secondary N) is 1. The Labute approximate surface area is 115 Å². The molecule has 0 unspecified atom stereocenters. The van der Waals surface area contributed by atoms with E-state index < -0.39 is 10.2 Å². The molecule has 1 saturated carbocycles. The van der Waals surface area contributed by atoms with Gasteiger partial charge < -0.3 is 0 Å². The van der Waals surface area contributed by atoms with Gasteiger partial charge in [0.1, 0.15) is 0 Å². The maximum absolute atomic E-state index is 11.7. The summed E-state index contributed by atoms with van der Waals surface area (Å²) >= 11 is 0. The second-order valence-electron chi connectivity index (χ2n) is 5.85. The van der Waals surface area contributed by atoms with Gasteiger partial charge in [0.2, 0.25) is 0 Å². The lowest BCUT2D eigenvalue weighted by Crippen LogP contribution is -2.37. The summed E-state index contributed by atoms with van der Waals surface area (Å²) in [5, 5.41) is 0. The molecule has 3 rings (SSSR count). The number of nitrogens with zero attached hydrogens (tertiary/aromatic N) is 1. The van der Waals surface area contributed by atoms with Gasteiger partial charge in [-0.15, -0.1) is 0 Å². The first-order valence-electron chi connectivity index (χ1n) is 6.71. The van der Waals surface area contributed by atoms with Crippen LogP contribution in [0.5, 0.6) is 0 Å². The summed E-state index contributed by atoms with van der Waals surface area (Å²) < 4.78 is 27.4. The molecule has 0 amide bonds. The minimum atomic E-state index is -3.29. The summed E-state index contributed by atoms with van der Waals surface area (Å²) in [7, 11) is -0.191. The third-order valence-corrected chi connectivity index (χ3v) is 6.11. The Morgan fingerprint density at radius 1 is 1.37 bits per heavy atom. The van der Waals surface area contributed by atoms with E-state index in [0.717, 1.165) is 12.8 Å². The van der Waals surface area contributed by atoms with E-state index in [4.69, 9.17) is 0 Å². The first kappa shape index (κ1) is 13.1. The lowest BCUT2D eigenvalue weighted by atomic mass is 9.95. The summed E-state index contributed by atoms with van der Waals surface area (Å²) in [6.45, 7) is 0.550. The van der Waals surface area contributed by atoms with Crippen molar-refractivity contribution >= 4 is 10.2 Å². The van der Waals surface area contributed by atoms with E-state index in [9.17, 15) is 8.42 Å². The van der Waals surface area contributed by atoms with Crippen molar-refractivity contribution in [2.24, 2.45) is 5.92 Å². The van der Waals surface area contributed by atoms with Crippen molar-refractivity contribution in [3.8, 4) is 0 Å². The fraction of sp³-hybridized carbons (Fsp3) is 0.571. The molecular formula is C14H20N2O2S. The van der Waals surface area contributed by atoms with Crippen LogP contribution in [0.15, 0.2) is 24.3 Å². The first-order valence-corrected chi connectivity index (χ1v) is 8.15. The van der Waals surface area contributed by atoms with Crippen molar-refractivity contribution in [3.05, 3.63) is 35.4 Å². The smallest absolute Gasteiger partial charge is 0.202 e. The average molecular weight is 280 g/mol. The summed E-state index contributed by atoms with van der Waals surface area (Å²) in [4.78, 5) is 0. The Morgan fingerprint density at radius 3 is 2.84 bits per heavy atom. The molecule has 1 aromatic rings. The van der Waals surface area contributed by atoms with Gasteiger partial charge >= 0.3 is 0 Å². The molecule has 2 atom stereocenters. The van der Waals surface area contributed by atoms with Gasteiger partial charge in [0.25, 0.3) is 10.2 Å². The van der Waals surface area contributed by atoms with Crippen LogP contribution in [0.1, 0.15) is 24.0 Å². The number of benzene rings is 1. The van der Waals surface area contributed by atoms with E-state index in [-0.39, 0.29) is 5.41 Å². The molecule has 2 aliphatic carbocycles. The Bertz CT molecular complexity index is 597. The quantitative estimate of drug-likeness (QED) is 0.903. The molecule has 0 saturated heterocycles. The van der Waals surface area contributed by atoms with Gasteiger partial charge in [-0.1, -0.05) is 24.3 Å². The highest BCUT2D eigenvalue weighted by molar-refractivity contribution is 7.87. The third-order valence-electron chi connectivity index (χ3n) is 4.62. The van der Waals surface area contributed by atoms with E-state index in [2.05, 4.69) is 29.0 Å². The van der Waals surface area contributed by atoms with Crippen LogP contribution in [-0.2, 0) is 22.0 Å². The highest BCUT2D eigenvalue weighted by Crippen LogP contribution is 2.61. The number of hydrogen-bond donors (Lipinski definition) is 1. The van der Waals surface area contributed by atoms with Crippen molar-refractivity contribution in [1.29, 1.82) is 0 Å². The lowest BCUT2D eigenvalue weighted by Gasteiger charge is -2.14. The maximum atomic E-state index is 11.7. The molecule has 4 nitrogen and oxygen atoms in total. The van der Waals surface area contributed by atoms with Crippen molar-refractivity contribution < 1.29 is 8.42 Å². The van der Waals surface area contributed by atoms with Gasteiger partial charge in [-0.25, -0.2) is 4.72 Å².